The summed E-state index contributed by atoms with van der Waals surface area (Å²) in [5, 5.41) is 10.5. The zero-order valence-electron chi connectivity index (χ0n) is 10.5. The Morgan fingerprint density at radius 3 is 2.47 bits per heavy atom. The molecule has 1 heterocycles. The van der Waals surface area contributed by atoms with E-state index in [1.54, 1.807) is 11.3 Å². The van der Waals surface area contributed by atoms with E-state index in [9.17, 15) is 5.11 Å². The molecule has 1 atom stereocenters. The summed E-state index contributed by atoms with van der Waals surface area (Å²) in [5.41, 5.74) is 3.31. The average molecular weight is 246 g/mol. The second kappa shape index (κ2) is 5.03. The number of benzene rings is 1. The molecule has 0 bridgehead atoms. The minimum atomic E-state index is -0.490. The molecule has 0 aliphatic carbocycles. The quantitative estimate of drug-likeness (QED) is 0.867. The molecule has 1 N–H and O–H groups in total. The van der Waals surface area contributed by atoms with E-state index in [4.69, 9.17) is 0 Å². The van der Waals surface area contributed by atoms with Gasteiger partial charge in [-0.05, 0) is 43.0 Å². The van der Waals surface area contributed by atoms with Crippen molar-refractivity contribution in [2.75, 3.05) is 0 Å². The molecule has 1 aromatic heterocycles. The number of hydrogen-bond donors (Lipinski definition) is 1. The van der Waals surface area contributed by atoms with E-state index in [2.05, 4.69) is 32.9 Å². The van der Waals surface area contributed by atoms with Crippen molar-refractivity contribution in [1.29, 1.82) is 0 Å². The van der Waals surface area contributed by atoms with Crippen LogP contribution in [0.2, 0.25) is 0 Å². The number of thiophene rings is 1. The third kappa shape index (κ3) is 2.43. The van der Waals surface area contributed by atoms with E-state index in [0.29, 0.717) is 0 Å². The Bertz CT molecular complexity index is 513. The van der Waals surface area contributed by atoms with Crippen molar-refractivity contribution in [1.82, 2.24) is 0 Å². The molecule has 0 fully saturated rings. The predicted octanol–water partition coefficient (Wildman–Crippen LogP) is 4.01. The summed E-state index contributed by atoms with van der Waals surface area (Å²) in [7, 11) is 0. The minimum absolute atomic E-state index is 0.490. The number of aliphatic hydroxyl groups is 1. The number of rotatable bonds is 3. The fraction of sp³-hybridized carbons (Fsp3) is 0.333. The van der Waals surface area contributed by atoms with Crippen LogP contribution in [0.15, 0.2) is 30.3 Å². The van der Waals surface area contributed by atoms with E-state index >= 15 is 0 Å². The van der Waals surface area contributed by atoms with Gasteiger partial charge in [0.15, 0.2) is 0 Å². The van der Waals surface area contributed by atoms with Gasteiger partial charge < -0.3 is 5.11 Å². The molecule has 0 saturated heterocycles. The summed E-state index contributed by atoms with van der Waals surface area (Å²) >= 11 is 1.75. The fourth-order valence-corrected chi connectivity index (χ4v) is 3.17. The summed E-state index contributed by atoms with van der Waals surface area (Å²) in [6.07, 6.45) is 0.464. The molecule has 0 radical (unpaired) electrons. The highest BCUT2D eigenvalue weighted by atomic mass is 32.1. The van der Waals surface area contributed by atoms with Crippen LogP contribution in [0, 0.1) is 13.8 Å². The smallest absolute Gasteiger partial charge is 0.105 e. The van der Waals surface area contributed by atoms with E-state index in [1.807, 2.05) is 18.2 Å². The average Bonchev–Trinajstić information content (AvgIpc) is 2.67. The van der Waals surface area contributed by atoms with Crippen molar-refractivity contribution in [3.05, 3.63) is 56.8 Å². The maximum absolute atomic E-state index is 10.5. The van der Waals surface area contributed by atoms with Crippen LogP contribution in [-0.2, 0) is 6.42 Å². The molecule has 17 heavy (non-hydrogen) atoms. The highest BCUT2D eigenvalue weighted by Gasteiger charge is 2.17. The van der Waals surface area contributed by atoms with Crippen molar-refractivity contribution in [3.8, 4) is 0 Å². The lowest BCUT2D eigenvalue weighted by molar-refractivity contribution is 0.219. The van der Waals surface area contributed by atoms with Gasteiger partial charge in [0.2, 0.25) is 0 Å². The first-order valence-corrected chi connectivity index (χ1v) is 6.78. The van der Waals surface area contributed by atoms with Gasteiger partial charge in [-0.2, -0.15) is 0 Å². The molecular formula is C15H18OS. The first kappa shape index (κ1) is 12.3. The third-order valence-electron chi connectivity index (χ3n) is 3.10. The van der Waals surface area contributed by atoms with Crippen molar-refractivity contribution in [3.63, 3.8) is 0 Å². The summed E-state index contributed by atoms with van der Waals surface area (Å²) < 4.78 is 0. The number of aliphatic hydroxyl groups excluding tert-OH is 1. The van der Waals surface area contributed by atoms with Gasteiger partial charge in [0, 0.05) is 9.75 Å². The molecule has 90 valence electrons. The van der Waals surface area contributed by atoms with E-state index in [1.165, 1.54) is 15.3 Å². The zero-order chi connectivity index (χ0) is 12.4. The molecule has 1 unspecified atom stereocenters. The Morgan fingerprint density at radius 1 is 1.18 bits per heavy atom. The van der Waals surface area contributed by atoms with Gasteiger partial charge in [-0.15, -0.1) is 11.3 Å². The summed E-state index contributed by atoms with van der Waals surface area (Å²) in [6.45, 7) is 6.28. The second-order valence-electron chi connectivity index (χ2n) is 4.32. The van der Waals surface area contributed by atoms with Crippen molar-refractivity contribution in [2.24, 2.45) is 0 Å². The van der Waals surface area contributed by atoms with Crippen LogP contribution in [0.1, 0.15) is 39.5 Å². The molecule has 2 rings (SSSR count). The lowest BCUT2D eigenvalue weighted by Gasteiger charge is -2.14. The van der Waals surface area contributed by atoms with Gasteiger partial charge in [-0.3, -0.25) is 0 Å². The maximum atomic E-state index is 10.5. The van der Waals surface area contributed by atoms with Crippen LogP contribution < -0.4 is 0 Å². The molecule has 0 aliphatic heterocycles. The SMILES string of the molecule is CCc1ccccc1C(O)c1cc(C)sc1C. The van der Waals surface area contributed by atoms with Crippen LogP contribution in [0.5, 0.6) is 0 Å². The monoisotopic (exact) mass is 246 g/mol. The van der Waals surface area contributed by atoms with Gasteiger partial charge in [-0.1, -0.05) is 31.2 Å². The van der Waals surface area contributed by atoms with E-state index in [0.717, 1.165) is 17.5 Å². The van der Waals surface area contributed by atoms with Crippen LogP contribution in [-0.4, -0.2) is 5.11 Å². The minimum Gasteiger partial charge on any atom is -0.384 e. The van der Waals surface area contributed by atoms with Gasteiger partial charge >= 0.3 is 0 Å². The van der Waals surface area contributed by atoms with Crippen LogP contribution in [0.25, 0.3) is 0 Å². The Balaban J connectivity index is 2.43. The molecule has 1 nitrogen and oxygen atoms in total. The summed E-state index contributed by atoms with van der Waals surface area (Å²) in [4.78, 5) is 2.46. The van der Waals surface area contributed by atoms with Gasteiger partial charge in [0.1, 0.15) is 6.10 Å². The van der Waals surface area contributed by atoms with Crippen molar-refractivity contribution in [2.45, 2.75) is 33.3 Å². The first-order valence-electron chi connectivity index (χ1n) is 5.96. The van der Waals surface area contributed by atoms with E-state index in [-0.39, 0.29) is 0 Å². The molecule has 0 saturated carbocycles. The normalized spacial score (nSPS) is 12.7. The van der Waals surface area contributed by atoms with Crippen LogP contribution in [0.3, 0.4) is 0 Å². The highest BCUT2D eigenvalue weighted by molar-refractivity contribution is 7.12. The maximum Gasteiger partial charge on any atom is 0.105 e. The van der Waals surface area contributed by atoms with Crippen LogP contribution >= 0.6 is 11.3 Å². The topological polar surface area (TPSA) is 20.2 Å². The molecule has 2 aromatic rings. The number of aryl methyl sites for hydroxylation is 3. The lowest BCUT2D eigenvalue weighted by atomic mass is 9.96. The largest absolute Gasteiger partial charge is 0.384 e. The summed E-state index contributed by atoms with van der Waals surface area (Å²) in [6, 6.07) is 10.2. The Hall–Kier alpha value is -1.12. The van der Waals surface area contributed by atoms with Gasteiger partial charge in [0.05, 0.1) is 0 Å². The Morgan fingerprint density at radius 2 is 1.88 bits per heavy atom. The fourth-order valence-electron chi connectivity index (χ4n) is 2.21. The molecular weight excluding hydrogens is 228 g/mol. The highest BCUT2D eigenvalue weighted by Crippen LogP contribution is 2.32. The lowest BCUT2D eigenvalue weighted by Crippen LogP contribution is -2.03. The van der Waals surface area contributed by atoms with Crippen molar-refractivity contribution >= 4 is 11.3 Å². The second-order valence-corrected chi connectivity index (χ2v) is 5.78. The zero-order valence-corrected chi connectivity index (χ0v) is 11.3. The van der Waals surface area contributed by atoms with Gasteiger partial charge in [0.25, 0.3) is 0 Å². The van der Waals surface area contributed by atoms with Crippen molar-refractivity contribution < 1.29 is 5.11 Å². The molecule has 2 heteroatoms. The van der Waals surface area contributed by atoms with Gasteiger partial charge in [-0.25, -0.2) is 0 Å². The molecule has 0 amide bonds. The predicted molar refractivity (Wildman–Crippen MR) is 73.7 cm³/mol. The molecule has 0 aliphatic rings. The van der Waals surface area contributed by atoms with Crippen LogP contribution in [0.4, 0.5) is 0 Å². The number of hydrogen-bond acceptors (Lipinski definition) is 2. The molecule has 1 aromatic carbocycles. The Kier molecular flexibility index (Phi) is 3.65. The summed E-state index contributed by atoms with van der Waals surface area (Å²) in [5.74, 6) is 0. The standard InChI is InChI=1S/C15H18OS/c1-4-12-7-5-6-8-13(12)15(16)14-9-10(2)17-11(14)3/h5-9,15-16H,4H2,1-3H3. The molecule has 0 spiro atoms. The third-order valence-corrected chi connectivity index (χ3v) is 4.09. The van der Waals surface area contributed by atoms with E-state index < -0.39 is 6.10 Å². The Labute approximate surface area is 107 Å². The first-order chi connectivity index (χ1) is 8.13.